The lowest BCUT2D eigenvalue weighted by atomic mass is 9.98. The van der Waals surface area contributed by atoms with E-state index in [1.807, 2.05) is 0 Å². The largest absolute Gasteiger partial charge is 0.317 e. The summed E-state index contributed by atoms with van der Waals surface area (Å²) >= 11 is 4.23. The van der Waals surface area contributed by atoms with E-state index in [4.69, 9.17) is 0 Å². The van der Waals surface area contributed by atoms with E-state index in [1.165, 1.54) is 55.5 Å². The lowest BCUT2D eigenvalue weighted by molar-refractivity contribution is 0.349. The molecule has 0 atom stereocenters. The first-order chi connectivity index (χ1) is 7.45. The van der Waals surface area contributed by atoms with Gasteiger partial charge in [0.2, 0.25) is 0 Å². The summed E-state index contributed by atoms with van der Waals surface area (Å²) in [4.78, 5) is 0. The van der Waals surface area contributed by atoms with Gasteiger partial charge >= 0.3 is 0 Å². The Kier molecular flexibility index (Phi) is 5.68. The maximum absolute atomic E-state index is 3.76. The minimum absolute atomic E-state index is 0.761. The van der Waals surface area contributed by atoms with Crippen LogP contribution < -0.4 is 10.6 Å². The van der Waals surface area contributed by atoms with Crippen LogP contribution in [0.2, 0.25) is 0 Å². The number of rotatable bonds is 3. The summed E-state index contributed by atoms with van der Waals surface area (Å²) in [5, 5.41) is 7.19. The second-order valence-corrected chi connectivity index (χ2v) is 6.75. The maximum atomic E-state index is 3.76. The van der Waals surface area contributed by atoms with E-state index >= 15 is 0 Å². The van der Waals surface area contributed by atoms with E-state index in [9.17, 15) is 0 Å². The van der Waals surface area contributed by atoms with Crippen molar-refractivity contribution in [3.8, 4) is 0 Å². The van der Waals surface area contributed by atoms with Crippen LogP contribution in [0.3, 0.4) is 0 Å². The first kappa shape index (κ1) is 12.1. The van der Waals surface area contributed by atoms with Crippen molar-refractivity contribution in [2.45, 2.75) is 18.9 Å². The second-order valence-electron chi connectivity index (χ2n) is 4.45. The molecule has 0 aliphatic carbocycles. The number of piperidine rings is 1. The highest BCUT2D eigenvalue weighted by Gasteiger charge is 2.16. The molecule has 15 heavy (non-hydrogen) atoms. The predicted molar refractivity (Wildman–Crippen MR) is 72.0 cm³/mol. The van der Waals surface area contributed by atoms with Crippen LogP contribution in [-0.2, 0) is 0 Å². The highest BCUT2D eigenvalue weighted by molar-refractivity contribution is 8.03. The summed E-state index contributed by atoms with van der Waals surface area (Å²) in [7, 11) is 0. The molecule has 4 heteroatoms. The smallest absolute Gasteiger partial charge is 0.0248 e. The minimum atomic E-state index is 0.761. The molecule has 2 N–H and O–H groups in total. The van der Waals surface area contributed by atoms with Crippen LogP contribution in [0.4, 0.5) is 0 Å². The molecule has 2 rings (SSSR count). The predicted octanol–water partition coefficient (Wildman–Crippen LogP) is 1.42. The molecule has 0 spiro atoms. The molecule has 0 bridgehead atoms. The summed E-state index contributed by atoms with van der Waals surface area (Å²) < 4.78 is 0. The van der Waals surface area contributed by atoms with Crippen LogP contribution in [0.25, 0.3) is 0 Å². The monoisotopic (exact) mass is 246 g/mol. The molecule has 0 aromatic carbocycles. The molecule has 0 radical (unpaired) electrons. The summed E-state index contributed by atoms with van der Waals surface area (Å²) in [5.74, 6) is 6.24. The van der Waals surface area contributed by atoms with Gasteiger partial charge in [-0.15, -0.1) is 0 Å². The number of hydrogen-bond donors (Lipinski definition) is 2. The van der Waals surface area contributed by atoms with Crippen molar-refractivity contribution in [2.24, 2.45) is 5.92 Å². The average molecular weight is 246 g/mol. The number of nitrogens with one attached hydrogen (secondary N) is 2. The van der Waals surface area contributed by atoms with Gasteiger partial charge in [-0.1, -0.05) is 0 Å². The van der Waals surface area contributed by atoms with Crippen molar-refractivity contribution < 1.29 is 0 Å². The van der Waals surface area contributed by atoms with Gasteiger partial charge in [-0.2, -0.15) is 23.5 Å². The van der Waals surface area contributed by atoms with Crippen LogP contribution >= 0.6 is 23.5 Å². The maximum Gasteiger partial charge on any atom is 0.0248 e. The summed E-state index contributed by atoms with van der Waals surface area (Å²) in [6, 6.07) is 0.761. The molecule has 0 aromatic rings. The molecule has 2 heterocycles. The van der Waals surface area contributed by atoms with E-state index in [0.717, 1.165) is 12.0 Å². The molecular formula is C11H22N2S2. The third-order valence-electron chi connectivity index (χ3n) is 3.16. The molecule has 2 fully saturated rings. The fraction of sp³-hybridized carbons (Fsp3) is 1.00. The SMILES string of the molecule is C1CC(CNC2CSCCSC2)CCN1. The van der Waals surface area contributed by atoms with Crippen LogP contribution in [0.5, 0.6) is 0 Å². The Hall–Kier alpha value is 0.620. The zero-order valence-corrected chi connectivity index (χ0v) is 11.0. The first-order valence-corrected chi connectivity index (χ1v) is 8.35. The fourth-order valence-electron chi connectivity index (χ4n) is 2.15. The Morgan fingerprint density at radius 1 is 1.07 bits per heavy atom. The Morgan fingerprint density at radius 2 is 1.73 bits per heavy atom. The Morgan fingerprint density at radius 3 is 2.40 bits per heavy atom. The number of thioether (sulfide) groups is 2. The molecule has 2 saturated heterocycles. The molecule has 0 amide bonds. The highest BCUT2D eigenvalue weighted by atomic mass is 32.2. The van der Waals surface area contributed by atoms with Gasteiger partial charge in [0, 0.05) is 29.1 Å². The third kappa shape index (κ3) is 4.55. The van der Waals surface area contributed by atoms with Gasteiger partial charge in [0.05, 0.1) is 0 Å². The topological polar surface area (TPSA) is 24.1 Å². The minimum Gasteiger partial charge on any atom is -0.317 e. The summed E-state index contributed by atoms with van der Waals surface area (Å²) in [6.45, 7) is 3.69. The zero-order valence-electron chi connectivity index (χ0n) is 9.34. The van der Waals surface area contributed by atoms with E-state index in [1.54, 1.807) is 0 Å². The van der Waals surface area contributed by atoms with Crippen LogP contribution in [0.15, 0.2) is 0 Å². The molecule has 2 nitrogen and oxygen atoms in total. The van der Waals surface area contributed by atoms with Crippen molar-refractivity contribution in [1.29, 1.82) is 0 Å². The lowest BCUT2D eigenvalue weighted by Crippen LogP contribution is -2.40. The van der Waals surface area contributed by atoms with Crippen LogP contribution in [0, 0.1) is 5.92 Å². The molecule has 2 aliphatic heterocycles. The van der Waals surface area contributed by atoms with Gasteiger partial charge in [0.1, 0.15) is 0 Å². The van der Waals surface area contributed by atoms with Crippen molar-refractivity contribution in [3.63, 3.8) is 0 Å². The second kappa shape index (κ2) is 7.05. The highest BCUT2D eigenvalue weighted by Crippen LogP contribution is 2.17. The average Bonchev–Trinajstić information content (AvgIpc) is 2.56. The van der Waals surface area contributed by atoms with E-state index < -0.39 is 0 Å². The fourth-order valence-corrected chi connectivity index (χ4v) is 4.62. The van der Waals surface area contributed by atoms with Crippen molar-refractivity contribution >= 4 is 23.5 Å². The Balaban J connectivity index is 1.62. The molecule has 2 aliphatic rings. The van der Waals surface area contributed by atoms with Crippen molar-refractivity contribution in [2.75, 3.05) is 42.6 Å². The molecule has 0 saturated carbocycles. The van der Waals surface area contributed by atoms with Crippen LogP contribution in [-0.4, -0.2) is 48.7 Å². The van der Waals surface area contributed by atoms with Gasteiger partial charge in [-0.3, -0.25) is 0 Å². The Labute approximate surface area is 102 Å². The van der Waals surface area contributed by atoms with Gasteiger partial charge in [0.15, 0.2) is 0 Å². The standard InChI is InChI=1S/C11H22N2S2/c1-3-12-4-2-10(1)7-13-11-8-14-5-6-15-9-11/h10-13H,1-9H2. The molecular weight excluding hydrogens is 224 g/mol. The summed E-state index contributed by atoms with van der Waals surface area (Å²) in [6.07, 6.45) is 2.72. The van der Waals surface area contributed by atoms with Gasteiger partial charge in [0.25, 0.3) is 0 Å². The number of hydrogen-bond acceptors (Lipinski definition) is 4. The van der Waals surface area contributed by atoms with E-state index in [2.05, 4.69) is 34.2 Å². The Bertz CT molecular complexity index is 164. The quantitative estimate of drug-likeness (QED) is 0.787. The van der Waals surface area contributed by atoms with Gasteiger partial charge in [-0.25, -0.2) is 0 Å². The van der Waals surface area contributed by atoms with E-state index in [0.29, 0.717) is 0 Å². The van der Waals surface area contributed by atoms with E-state index in [-0.39, 0.29) is 0 Å². The van der Waals surface area contributed by atoms with Crippen molar-refractivity contribution in [1.82, 2.24) is 10.6 Å². The van der Waals surface area contributed by atoms with Gasteiger partial charge < -0.3 is 10.6 Å². The molecule has 0 aromatic heterocycles. The van der Waals surface area contributed by atoms with Crippen LogP contribution in [0.1, 0.15) is 12.8 Å². The van der Waals surface area contributed by atoms with Crippen molar-refractivity contribution in [3.05, 3.63) is 0 Å². The lowest BCUT2D eigenvalue weighted by Gasteiger charge is -2.25. The summed E-state index contributed by atoms with van der Waals surface area (Å²) in [5.41, 5.74) is 0. The molecule has 0 unspecified atom stereocenters. The first-order valence-electron chi connectivity index (χ1n) is 6.05. The van der Waals surface area contributed by atoms with Gasteiger partial charge in [-0.05, 0) is 38.4 Å². The third-order valence-corrected chi connectivity index (χ3v) is 5.68. The zero-order chi connectivity index (χ0) is 10.3. The molecule has 88 valence electrons. The normalized spacial score (nSPS) is 26.4.